The van der Waals surface area contributed by atoms with E-state index in [1.807, 2.05) is 6.08 Å². The summed E-state index contributed by atoms with van der Waals surface area (Å²) in [7, 11) is 6.24. The second-order valence-electron chi connectivity index (χ2n) is 6.07. The molecule has 126 valence electrons. The van der Waals surface area contributed by atoms with E-state index in [1.54, 1.807) is 28.4 Å². The van der Waals surface area contributed by atoms with Gasteiger partial charge in [-0.1, -0.05) is 32.8 Å². The predicted octanol–water partition coefficient (Wildman–Crippen LogP) is 2.69. The van der Waals surface area contributed by atoms with Crippen LogP contribution in [-0.4, -0.2) is 45.8 Å². The average Bonchev–Trinajstić information content (AvgIpc) is 2.77. The van der Waals surface area contributed by atoms with Crippen molar-refractivity contribution in [3.8, 4) is 0 Å². The number of fused-ring (bicyclic) bond motifs is 1. The van der Waals surface area contributed by atoms with Gasteiger partial charge < -0.3 is 18.9 Å². The molecule has 0 aromatic carbocycles. The number of hydrogen-bond acceptors (Lipinski definition) is 5. The molecule has 5 nitrogen and oxygen atoms in total. The van der Waals surface area contributed by atoms with Crippen molar-refractivity contribution in [3.05, 3.63) is 11.6 Å². The monoisotopic (exact) mass is 312 g/mol. The summed E-state index contributed by atoms with van der Waals surface area (Å²) < 4.78 is 22.9. The molecule has 0 saturated heterocycles. The van der Waals surface area contributed by atoms with Crippen molar-refractivity contribution in [3.63, 3.8) is 0 Å². The molecule has 1 fully saturated rings. The van der Waals surface area contributed by atoms with Gasteiger partial charge in [-0.15, -0.1) is 0 Å². The summed E-state index contributed by atoms with van der Waals surface area (Å²) in [6, 6.07) is 0. The van der Waals surface area contributed by atoms with Gasteiger partial charge in [-0.05, 0) is 18.4 Å². The zero-order valence-corrected chi connectivity index (χ0v) is 14.5. The lowest BCUT2D eigenvalue weighted by Crippen LogP contribution is -2.84. The molecule has 0 aromatic heterocycles. The van der Waals surface area contributed by atoms with E-state index in [0.717, 1.165) is 24.8 Å². The lowest BCUT2D eigenvalue weighted by atomic mass is 9.49. The maximum Gasteiger partial charge on any atom is 0.237 e. The zero-order chi connectivity index (χ0) is 16.6. The largest absolute Gasteiger partial charge is 0.348 e. The highest BCUT2D eigenvalue weighted by Crippen LogP contribution is 2.71. The molecule has 2 aliphatic rings. The van der Waals surface area contributed by atoms with Crippen molar-refractivity contribution >= 4 is 5.78 Å². The normalized spacial score (nSPS) is 31.6. The average molecular weight is 312 g/mol. The Balaban J connectivity index is 2.61. The highest BCUT2D eigenvalue weighted by Gasteiger charge is 2.87. The number of hydrogen-bond donors (Lipinski definition) is 0. The van der Waals surface area contributed by atoms with Crippen LogP contribution in [0.4, 0.5) is 0 Å². The molecule has 0 aliphatic heterocycles. The van der Waals surface area contributed by atoms with Crippen molar-refractivity contribution in [1.82, 2.24) is 0 Å². The van der Waals surface area contributed by atoms with Crippen LogP contribution in [0.15, 0.2) is 11.6 Å². The van der Waals surface area contributed by atoms with Crippen LogP contribution in [0.5, 0.6) is 0 Å². The number of carbonyl (C=O) groups excluding carboxylic acids is 1. The molecule has 2 aliphatic carbocycles. The van der Waals surface area contributed by atoms with Crippen molar-refractivity contribution in [2.45, 2.75) is 51.1 Å². The molecular formula is C17H28O5. The Bertz CT molecular complexity index is 462. The summed E-state index contributed by atoms with van der Waals surface area (Å²) in [5.41, 5.74) is 0.0808. The number of carbonyl (C=O) groups is 1. The maximum atomic E-state index is 13.2. The second-order valence-corrected chi connectivity index (χ2v) is 6.07. The molecule has 0 spiro atoms. The van der Waals surface area contributed by atoms with Crippen LogP contribution in [0.1, 0.15) is 39.5 Å². The molecular weight excluding hydrogens is 284 g/mol. The molecule has 0 N–H and O–H groups in total. The topological polar surface area (TPSA) is 54.0 Å². The van der Waals surface area contributed by atoms with Gasteiger partial charge in [-0.2, -0.15) is 0 Å². The Morgan fingerprint density at radius 3 is 2.00 bits per heavy atom. The van der Waals surface area contributed by atoms with Gasteiger partial charge in [0.05, 0.1) is 5.92 Å². The van der Waals surface area contributed by atoms with Crippen LogP contribution < -0.4 is 0 Å². The van der Waals surface area contributed by atoms with Crippen LogP contribution in [0.2, 0.25) is 0 Å². The second kappa shape index (κ2) is 6.04. The summed E-state index contributed by atoms with van der Waals surface area (Å²) in [5, 5.41) is 0. The summed E-state index contributed by atoms with van der Waals surface area (Å²) >= 11 is 0. The number of rotatable bonds is 8. The Kier molecular flexibility index (Phi) is 4.83. The summed E-state index contributed by atoms with van der Waals surface area (Å²) in [4.78, 5) is 13.2. The molecule has 0 radical (unpaired) electrons. The first kappa shape index (κ1) is 17.6. The van der Waals surface area contributed by atoms with E-state index in [4.69, 9.17) is 18.9 Å². The molecule has 0 heterocycles. The van der Waals surface area contributed by atoms with E-state index in [2.05, 4.69) is 13.8 Å². The predicted molar refractivity (Wildman–Crippen MR) is 82.3 cm³/mol. The van der Waals surface area contributed by atoms with E-state index in [0.29, 0.717) is 6.42 Å². The Morgan fingerprint density at radius 2 is 1.59 bits per heavy atom. The van der Waals surface area contributed by atoms with Crippen LogP contribution in [0.3, 0.4) is 0 Å². The van der Waals surface area contributed by atoms with Crippen molar-refractivity contribution in [2.24, 2.45) is 11.3 Å². The maximum absolute atomic E-state index is 13.2. The quantitative estimate of drug-likeness (QED) is 0.645. The number of Topliss-reactive ketones (excluding diaryl/α,β-unsaturated/α-hetero) is 1. The van der Waals surface area contributed by atoms with E-state index in [-0.39, 0.29) is 11.7 Å². The third-order valence-electron chi connectivity index (χ3n) is 5.40. The molecule has 2 atom stereocenters. The van der Waals surface area contributed by atoms with Gasteiger partial charge in [0.15, 0.2) is 5.78 Å². The van der Waals surface area contributed by atoms with Gasteiger partial charge in [0.2, 0.25) is 11.6 Å². The Labute approximate surface area is 132 Å². The number of allylic oxidation sites excluding steroid dienone is 1. The van der Waals surface area contributed by atoms with E-state index < -0.39 is 17.0 Å². The Morgan fingerprint density at radius 1 is 1.00 bits per heavy atom. The third-order valence-corrected chi connectivity index (χ3v) is 5.40. The van der Waals surface area contributed by atoms with Crippen LogP contribution in [0, 0.1) is 11.3 Å². The smallest absolute Gasteiger partial charge is 0.237 e. The summed E-state index contributed by atoms with van der Waals surface area (Å²) in [6.07, 6.45) is 5.23. The van der Waals surface area contributed by atoms with Crippen LogP contribution >= 0.6 is 0 Å². The SMILES string of the molecule is CCCC1=CC2C(OC)(OC)C(OC)(OC)C2(CCC)C1=O. The fourth-order valence-electron chi connectivity index (χ4n) is 4.71. The number of methoxy groups -OCH3 is 4. The van der Waals surface area contributed by atoms with Crippen LogP contribution in [0.25, 0.3) is 0 Å². The van der Waals surface area contributed by atoms with E-state index in [1.165, 1.54) is 0 Å². The van der Waals surface area contributed by atoms with E-state index >= 15 is 0 Å². The third kappa shape index (κ3) is 1.65. The molecule has 22 heavy (non-hydrogen) atoms. The fourth-order valence-corrected chi connectivity index (χ4v) is 4.71. The standard InChI is InChI=1S/C17H28O5/c1-7-9-12-11-13-15(10-8-2,14(12)18)17(21-5,22-6)16(13,19-3)20-4/h11,13H,7-10H2,1-6H3. The lowest BCUT2D eigenvalue weighted by molar-refractivity contribution is -0.499. The molecule has 2 unspecified atom stereocenters. The van der Waals surface area contributed by atoms with Crippen molar-refractivity contribution < 1.29 is 23.7 Å². The number of ketones is 1. The minimum absolute atomic E-state index is 0.120. The molecule has 2 rings (SSSR count). The molecule has 1 saturated carbocycles. The van der Waals surface area contributed by atoms with Gasteiger partial charge in [0.25, 0.3) is 0 Å². The van der Waals surface area contributed by atoms with E-state index in [9.17, 15) is 4.79 Å². The molecule has 0 aromatic rings. The highest BCUT2D eigenvalue weighted by atomic mass is 16.8. The minimum atomic E-state index is -1.23. The summed E-state index contributed by atoms with van der Waals surface area (Å²) in [6.45, 7) is 4.13. The minimum Gasteiger partial charge on any atom is -0.348 e. The Hall–Kier alpha value is -0.750. The van der Waals surface area contributed by atoms with Gasteiger partial charge in [-0.25, -0.2) is 0 Å². The molecule has 0 amide bonds. The van der Waals surface area contributed by atoms with Crippen LogP contribution in [-0.2, 0) is 23.7 Å². The lowest BCUT2D eigenvalue weighted by Gasteiger charge is -2.67. The van der Waals surface area contributed by atoms with Gasteiger partial charge in [0, 0.05) is 28.4 Å². The van der Waals surface area contributed by atoms with Crippen molar-refractivity contribution in [2.75, 3.05) is 28.4 Å². The molecule has 0 bridgehead atoms. The van der Waals surface area contributed by atoms with Gasteiger partial charge in [-0.3, -0.25) is 4.79 Å². The first-order valence-electron chi connectivity index (χ1n) is 7.97. The zero-order valence-electron chi connectivity index (χ0n) is 14.5. The van der Waals surface area contributed by atoms with Gasteiger partial charge in [0.1, 0.15) is 5.41 Å². The number of ether oxygens (including phenoxy) is 4. The summed E-state index contributed by atoms with van der Waals surface area (Å²) in [5.74, 6) is -2.40. The molecule has 5 heteroatoms. The highest BCUT2D eigenvalue weighted by molar-refractivity contribution is 6.05. The van der Waals surface area contributed by atoms with Gasteiger partial charge >= 0.3 is 0 Å². The first-order valence-corrected chi connectivity index (χ1v) is 7.97. The fraction of sp³-hybridized carbons (Fsp3) is 0.824. The van der Waals surface area contributed by atoms with Crippen molar-refractivity contribution in [1.29, 1.82) is 0 Å². The first-order chi connectivity index (χ1) is 10.5.